The maximum absolute atomic E-state index is 5.85. The first-order valence-corrected chi connectivity index (χ1v) is 11.4. The molecule has 5 nitrogen and oxygen atoms in total. The summed E-state index contributed by atoms with van der Waals surface area (Å²) in [6, 6.07) is 15.5. The van der Waals surface area contributed by atoms with Crippen LogP contribution in [0.1, 0.15) is 0 Å². The largest absolute Gasteiger partial charge is 0.489 e. The number of hydrogen-bond donors (Lipinski definition) is 0. The highest BCUT2D eigenvalue weighted by atomic mass is 33.1. The molecule has 0 saturated heterocycles. The van der Waals surface area contributed by atoms with Gasteiger partial charge in [0.1, 0.15) is 13.2 Å². The Bertz CT molecular complexity index is 625. The number of ether oxygens (including phenoxy) is 5. The summed E-state index contributed by atoms with van der Waals surface area (Å²) in [5, 5.41) is 0. The molecule has 0 saturated carbocycles. The van der Waals surface area contributed by atoms with E-state index in [9.17, 15) is 0 Å². The van der Waals surface area contributed by atoms with E-state index in [4.69, 9.17) is 23.7 Å². The highest BCUT2D eigenvalue weighted by Gasteiger charge is 2.06. The molecule has 27 heavy (non-hydrogen) atoms. The zero-order valence-electron chi connectivity index (χ0n) is 15.1. The van der Waals surface area contributed by atoms with Gasteiger partial charge in [0.15, 0.2) is 23.0 Å². The van der Waals surface area contributed by atoms with Crippen LogP contribution in [0, 0.1) is 0 Å². The summed E-state index contributed by atoms with van der Waals surface area (Å²) in [7, 11) is 3.55. The Balaban J connectivity index is 1.54. The van der Waals surface area contributed by atoms with Crippen molar-refractivity contribution in [3.63, 3.8) is 0 Å². The van der Waals surface area contributed by atoms with Crippen molar-refractivity contribution in [2.45, 2.75) is 0 Å². The monoisotopic (exact) mass is 408 g/mol. The van der Waals surface area contributed by atoms with Crippen molar-refractivity contribution in [1.82, 2.24) is 0 Å². The fourth-order valence-electron chi connectivity index (χ4n) is 2.39. The summed E-state index contributed by atoms with van der Waals surface area (Å²) < 4.78 is 28.9. The van der Waals surface area contributed by atoms with E-state index in [-0.39, 0.29) is 0 Å². The summed E-state index contributed by atoms with van der Waals surface area (Å²) >= 11 is 0. The van der Waals surface area contributed by atoms with Crippen molar-refractivity contribution in [3.05, 3.63) is 48.5 Å². The van der Waals surface area contributed by atoms with E-state index in [0.717, 1.165) is 34.5 Å². The fraction of sp³-hybridized carbons (Fsp3) is 0.400. The van der Waals surface area contributed by atoms with Crippen LogP contribution in [0.2, 0.25) is 0 Å². The molecule has 0 amide bonds. The summed E-state index contributed by atoms with van der Waals surface area (Å²) in [6.07, 6.45) is 0. The van der Waals surface area contributed by atoms with Crippen molar-refractivity contribution in [2.75, 3.05) is 51.1 Å². The molecule has 0 fully saturated rings. The SMILES string of the molecule is c1ccc2c(c1)OCCOCCOc1ccccc1OCCSSCCO2. The van der Waals surface area contributed by atoms with Gasteiger partial charge in [-0.3, -0.25) is 0 Å². The maximum atomic E-state index is 5.85. The van der Waals surface area contributed by atoms with Gasteiger partial charge in [0.05, 0.1) is 26.4 Å². The van der Waals surface area contributed by atoms with Gasteiger partial charge in [-0.15, -0.1) is 0 Å². The number of rotatable bonds is 0. The lowest BCUT2D eigenvalue weighted by Gasteiger charge is -2.13. The minimum atomic E-state index is 0.463. The average molecular weight is 409 g/mol. The van der Waals surface area contributed by atoms with Gasteiger partial charge in [-0.05, 0) is 24.3 Å². The predicted molar refractivity (Wildman–Crippen MR) is 111 cm³/mol. The molecule has 1 aliphatic rings. The van der Waals surface area contributed by atoms with Gasteiger partial charge in [-0.25, -0.2) is 0 Å². The van der Waals surface area contributed by atoms with Crippen LogP contribution in [0.4, 0.5) is 0 Å². The second-order valence-electron chi connectivity index (χ2n) is 5.54. The molecule has 0 N–H and O–H groups in total. The highest BCUT2D eigenvalue weighted by Crippen LogP contribution is 2.29. The first kappa shape index (κ1) is 20.0. The lowest BCUT2D eigenvalue weighted by atomic mass is 10.3. The predicted octanol–water partition coefficient (Wildman–Crippen LogP) is 4.31. The first-order valence-electron chi connectivity index (χ1n) is 8.95. The van der Waals surface area contributed by atoms with Crippen LogP contribution in [0.5, 0.6) is 23.0 Å². The molecule has 0 aliphatic carbocycles. The molecule has 7 heteroatoms. The summed E-state index contributed by atoms with van der Waals surface area (Å²) in [5.74, 6) is 4.81. The molecule has 146 valence electrons. The Morgan fingerprint density at radius 2 is 0.852 bits per heavy atom. The van der Waals surface area contributed by atoms with Gasteiger partial charge in [-0.1, -0.05) is 45.9 Å². The Labute approximate surface area is 168 Å². The van der Waals surface area contributed by atoms with Crippen molar-refractivity contribution in [3.8, 4) is 23.0 Å². The minimum absolute atomic E-state index is 0.463. The number of hydrogen-bond acceptors (Lipinski definition) is 7. The third kappa shape index (κ3) is 7.08. The van der Waals surface area contributed by atoms with Gasteiger partial charge in [0.2, 0.25) is 0 Å². The third-order valence-corrected chi connectivity index (χ3v) is 5.93. The van der Waals surface area contributed by atoms with Crippen molar-refractivity contribution < 1.29 is 23.7 Å². The molecule has 0 atom stereocenters. The van der Waals surface area contributed by atoms with Crippen LogP contribution in [-0.2, 0) is 4.74 Å². The van der Waals surface area contributed by atoms with Gasteiger partial charge < -0.3 is 23.7 Å². The molecule has 3 rings (SSSR count). The van der Waals surface area contributed by atoms with Crippen LogP contribution in [0.15, 0.2) is 48.5 Å². The summed E-state index contributed by atoms with van der Waals surface area (Å²) in [6.45, 7) is 3.16. The van der Waals surface area contributed by atoms with E-state index in [0.29, 0.717) is 39.6 Å². The third-order valence-electron chi connectivity index (χ3n) is 3.60. The molecule has 0 unspecified atom stereocenters. The van der Waals surface area contributed by atoms with E-state index < -0.39 is 0 Å². The smallest absolute Gasteiger partial charge is 0.161 e. The van der Waals surface area contributed by atoms with Gasteiger partial charge in [-0.2, -0.15) is 0 Å². The molecule has 1 aliphatic heterocycles. The maximum Gasteiger partial charge on any atom is 0.161 e. The lowest BCUT2D eigenvalue weighted by Crippen LogP contribution is -2.13. The normalized spacial score (nSPS) is 17.2. The molecular weight excluding hydrogens is 384 g/mol. The van der Waals surface area contributed by atoms with Crippen LogP contribution < -0.4 is 18.9 Å². The molecule has 0 radical (unpaired) electrons. The van der Waals surface area contributed by atoms with Crippen molar-refractivity contribution in [1.29, 1.82) is 0 Å². The molecular formula is C20H24O5S2. The van der Waals surface area contributed by atoms with E-state index >= 15 is 0 Å². The van der Waals surface area contributed by atoms with Crippen LogP contribution in [-0.4, -0.2) is 51.1 Å². The average Bonchev–Trinajstić information content (AvgIpc) is 2.70. The second-order valence-corrected chi connectivity index (χ2v) is 8.25. The molecule has 0 bridgehead atoms. The van der Waals surface area contributed by atoms with Gasteiger partial charge in [0, 0.05) is 11.5 Å². The molecule has 2 aromatic carbocycles. The number of fused-ring (bicyclic) bond motifs is 2. The van der Waals surface area contributed by atoms with Crippen molar-refractivity contribution in [2.24, 2.45) is 0 Å². The molecule has 1 heterocycles. The zero-order valence-corrected chi connectivity index (χ0v) is 16.8. The second kappa shape index (κ2) is 11.9. The van der Waals surface area contributed by atoms with Gasteiger partial charge in [0.25, 0.3) is 0 Å². The summed E-state index contributed by atoms with van der Waals surface area (Å²) in [4.78, 5) is 0. The quantitative estimate of drug-likeness (QED) is 0.602. The van der Waals surface area contributed by atoms with E-state index in [1.54, 1.807) is 21.6 Å². The van der Waals surface area contributed by atoms with Crippen LogP contribution in [0.3, 0.4) is 0 Å². The fourth-order valence-corrected chi connectivity index (χ4v) is 4.04. The lowest BCUT2D eigenvalue weighted by molar-refractivity contribution is 0.0747. The van der Waals surface area contributed by atoms with E-state index in [2.05, 4.69) is 0 Å². The van der Waals surface area contributed by atoms with Crippen LogP contribution >= 0.6 is 21.6 Å². The Hall–Kier alpha value is -1.70. The Kier molecular flexibility index (Phi) is 8.83. The molecule has 0 spiro atoms. The minimum Gasteiger partial charge on any atom is -0.489 e. The topological polar surface area (TPSA) is 46.2 Å². The number of para-hydroxylation sites is 4. The van der Waals surface area contributed by atoms with Crippen molar-refractivity contribution >= 4 is 21.6 Å². The zero-order chi connectivity index (χ0) is 18.6. The van der Waals surface area contributed by atoms with Gasteiger partial charge >= 0.3 is 0 Å². The van der Waals surface area contributed by atoms with E-state index in [1.807, 2.05) is 48.5 Å². The Morgan fingerprint density at radius 3 is 1.26 bits per heavy atom. The number of benzene rings is 2. The standard InChI is InChI=1S/C20H24O5S2/c1-3-7-19-17(5-1)22-11-9-21-10-12-23-18-6-2-4-8-20(18)25-14-16-27-26-15-13-24-19/h1-8H,9-16H2. The summed E-state index contributed by atoms with van der Waals surface area (Å²) in [5.41, 5.74) is 0. The highest BCUT2D eigenvalue weighted by molar-refractivity contribution is 8.76. The molecule has 0 aromatic heterocycles. The van der Waals surface area contributed by atoms with E-state index in [1.165, 1.54) is 0 Å². The van der Waals surface area contributed by atoms with Crippen LogP contribution in [0.25, 0.3) is 0 Å². The molecule has 2 aromatic rings. The first-order chi connectivity index (χ1) is 13.4. The Morgan fingerprint density at radius 1 is 0.481 bits per heavy atom.